The largest absolute Gasteiger partial charge is 0.726 e. The van der Waals surface area contributed by atoms with E-state index in [2.05, 4.69) is 16.4 Å². The van der Waals surface area contributed by atoms with Gasteiger partial charge in [-0.3, -0.25) is 8.98 Å². The molecule has 13 heteroatoms. The Hall–Kier alpha value is -1.16. The van der Waals surface area contributed by atoms with Crippen molar-refractivity contribution < 1.29 is 51.8 Å². The van der Waals surface area contributed by atoms with E-state index in [1.807, 2.05) is 6.08 Å². The summed E-state index contributed by atoms with van der Waals surface area (Å²) >= 11 is 0. The van der Waals surface area contributed by atoms with Crippen molar-refractivity contribution in [3.8, 4) is 0 Å². The van der Waals surface area contributed by atoms with Crippen LogP contribution < -0.4 is 5.32 Å². The Kier molecular flexibility index (Phi) is 18.2. The van der Waals surface area contributed by atoms with Crippen LogP contribution in [0.1, 0.15) is 84.0 Å². The average Bonchev–Trinajstić information content (AvgIpc) is 2.87. The maximum Gasteiger partial charge on any atom is 0.218 e. The molecular formula is C25H46NO11S-. The molecule has 1 aliphatic heterocycles. The Morgan fingerprint density at radius 1 is 1.00 bits per heavy atom. The van der Waals surface area contributed by atoms with Crippen molar-refractivity contribution in [2.24, 2.45) is 0 Å². The second-order valence-electron chi connectivity index (χ2n) is 9.64. The molecule has 1 aliphatic rings. The SMILES string of the molecule is CCCCCCCCCCCCC/C=C/[C@@H](O)[C@H](COC1O[C@H](CO)[C@H](O)[C@H](OS(=O)(=O)[O-])[C@H]1O)NC=O. The van der Waals surface area contributed by atoms with Crippen molar-refractivity contribution in [1.82, 2.24) is 5.32 Å². The van der Waals surface area contributed by atoms with Gasteiger partial charge in [-0.1, -0.05) is 83.3 Å². The molecule has 0 radical (unpaired) electrons. The van der Waals surface area contributed by atoms with E-state index in [1.54, 1.807) is 0 Å². The fourth-order valence-corrected chi connectivity index (χ4v) is 4.77. The first-order valence-corrected chi connectivity index (χ1v) is 14.9. The van der Waals surface area contributed by atoms with Gasteiger partial charge in [0, 0.05) is 0 Å². The maximum atomic E-state index is 11.0. The number of aliphatic hydroxyl groups excluding tert-OH is 4. The van der Waals surface area contributed by atoms with Crippen LogP contribution in [-0.2, 0) is 28.9 Å². The number of unbranched alkanes of at least 4 members (excludes halogenated alkanes) is 11. The lowest BCUT2D eigenvalue weighted by Gasteiger charge is -2.41. The highest BCUT2D eigenvalue weighted by atomic mass is 32.3. The topological polar surface area (TPSA) is 195 Å². The first kappa shape index (κ1) is 34.9. The van der Waals surface area contributed by atoms with Crippen molar-refractivity contribution in [2.75, 3.05) is 13.2 Å². The van der Waals surface area contributed by atoms with Crippen LogP contribution in [0, 0.1) is 0 Å². The fourth-order valence-electron chi connectivity index (χ4n) is 4.27. The maximum absolute atomic E-state index is 11.0. The summed E-state index contributed by atoms with van der Waals surface area (Å²) in [7, 11) is -5.30. The van der Waals surface area contributed by atoms with Crippen molar-refractivity contribution in [3.05, 3.63) is 12.2 Å². The third-order valence-corrected chi connectivity index (χ3v) is 6.95. The zero-order valence-corrected chi connectivity index (χ0v) is 23.0. The van der Waals surface area contributed by atoms with Crippen molar-refractivity contribution in [2.45, 2.75) is 127 Å². The molecule has 0 aromatic carbocycles. The molecule has 0 spiro atoms. The Bertz CT molecular complexity index is 752. The molecule has 38 heavy (non-hydrogen) atoms. The Labute approximate surface area is 226 Å². The summed E-state index contributed by atoms with van der Waals surface area (Å²) in [5.41, 5.74) is 0. The number of aliphatic hydroxyl groups is 4. The quantitative estimate of drug-likeness (QED) is 0.0411. The highest BCUT2D eigenvalue weighted by Gasteiger charge is 2.47. The average molecular weight is 569 g/mol. The van der Waals surface area contributed by atoms with Gasteiger partial charge < -0.3 is 39.8 Å². The number of rotatable bonds is 22. The van der Waals surface area contributed by atoms with E-state index in [-0.39, 0.29) is 6.61 Å². The molecule has 12 nitrogen and oxygen atoms in total. The third kappa shape index (κ3) is 14.3. The van der Waals surface area contributed by atoms with Gasteiger partial charge in [-0.15, -0.1) is 0 Å². The number of hydrogen-bond acceptors (Lipinski definition) is 11. The molecule has 5 N–H and O–H groups in total. The van der Waals surface area contributed by atoms with Gasteiger partial charge in [0.1, 0.15) is 24.4 Å². The smallest absolute Gasteiger partial charge is 0.218 e. The molecule has 0 saturated carbocycles. The number of amides is 1. The predicted molar refractivity (Wildman–Crippen MR) is 137 cm³/mol. The molecule has 7 atom stereocenters. The molecule has 0 aromatic heterocycles. The minimum Gasteiger partial charge on any atom is -0.726 e. The zero-order valence-electron chi connectivity index (χ0n) is 22.2. The van der Waals surface area contributed by atoms with Crippen LogP contribution in [0.5, 0.6) is 0 Å². The van der Waals surface area contributed by atoms with E-state index in [1.165, 1.54) is 63.9 Å². The molecule has 224 valence electrons. The summed E-state index contributed by atoms with van der Waals surface area (Å²) in [5.74, 6) is 0. The van der Waals surface area contributed by atoms with Crippen LogP contribution in [0.25, 0.3) is 0 Å². The molecule has 0 bridgehead atoms. The number of hydrogen-bond donors (Lipinski definition) is 5. The molecule has 1 heterocycles. The first-order chi connectivity index (χ1) is 18.1. The molecule has 1 fully saturated rings. The first-order valence-electron chi connectivity index (χ1n) is 13.6. The molecule has 1 amide bonds. The molecule has 0 aliphatic carbocycles. The highest BCUT2D eigenvalue weighted by molar-refractivity contribution is 7.80. The van der Waals surface area contributed by atoms with Crippen LogP contribution in [-0.4, -0.2) is 95.9 Å². The minimum atomic E-state index is -5.30. The normalized spacial score (nSPS) is 25.9. The van der Waals surface area contributed by atoms with Gasteiger partial charge in [-0.05, 0) is 12.8 Å². The molecule has 1 unspecified atom stereocenters. The van der Waals surface area contributed by atoms with Crippen LogP contribution in [0.3, 0.4) is 0 Å². The van der Waals surface area contributed by atoms with E-state index >= 15 is 0 Å². The van der Waals surface area contributed by atoms with Crippen molar-refractivity contribution in [3.63, 3.8) is 0 Å². The predicted octanol–water partition coefficient (Wildman–Crippen LogP) is 1.02. The van der Waals surface area contributed by atoms with Gasteiger partial charge in [0.2, 0.25) is 16.8 Å². The second-order valence-corrected chi connectivity index (χ2v) is 10.7. The standard InChI is InChI=1S/C25H47NO11S/c1-2-3-4-5-6-7-8-9-10-11-12-13-14-15-20(29)19(26-18-28)17-35-25-23(31)24(37-38(32,33)34)22(30)21(16-27)36-25/h14-15,18-25,27,29-31H,2-13,16-17H2,1H3,(H,26,28)(H,32,33,34)/p-1/b15-14+/t19-,20+,21+,22-,23+,24-,25?/m0/s1. The second kappa shape index (κ2) is 19.8. The van der Waals surface area contributed by atoms with E-state index in [9.17, 15) is 38.2 Å². The molecular weight excluding hydrogens is 522 g/mol. The van der Waals surface area contributed by atoms with Crippen molar-refractivity contribution in [1.29, 1.82) is 0 Å². The Balaban J connectivity index is 2.42. The third-order valence-electron chi connectivity index (χ3n) is 6.49. The summed E-state index contributed by atoms with van der Waals surface area (Å²) < 4.78 is 47.7. The number of ether oxygens (including phenoxy) is 2. The summed E-state index contributed by atoms with van der Waals surface area (Å²) in [4.78, 5) is 11.0. The van der Waals surface area contributed by atoms with E-state index in [0.29, 0.717) is 6.41 Å². The molecule has 1 saturated heterocycles. The van der Waals surface area contributed by atoms with E-state index < -0.39 is 59.9 Å². The van der Waals surface area contributed by atoms with Gasteiger partial charge in [-0.2, -0.15) is 0 Å². The Morgan fingerprint density at radius 2 is 1.58 bits per heavy atom. The van der Waals surface area contributed by atoms with Gasteiger partial charge in [0.05, 0.1) is 25.4 Å². The summed E-state index contributed by atoms with van der Waals surface area (Å²) in [5, 5.41) is 42.6. The minimum absolute atomic E-state index is 0.364. The number of carbonyl (C=O) groups is 1. The monoisotopic (exact) mass is 568 g/mol. The lowest BCUT2D eigenvalue weighted by molar-refractivity contribution is -0.298. The van der Waals surface area contributed by atoms with Crippen molar-refractivity contribution >= 4 is 16.8 Å². The van der Waals surface area contributed by atoms with Crippen LogP contribution in [0.2, 0.25) is 0 Å². The lowest BCUT2D eigenvalue weighted by Crippen LogP contribution is -2.61. The summed E-state index contributed by atoms with van der Waals surface area (Å²) in [6, 6.07) is -0.945. The van der Waals surface area contributed by atoms with Gasteiger partial charge in [-0.25, -0.2) is 8.42 Å². The fraction of sp³-hybridized carbons (Fsp3) is 0.880. The van der Waals surface area contributed by atoms with Gasteiger partial charge in [0.15, 0.2) is 6.29 Å². The van der Waals surface area contributed by atoms with Crippen LogP contribution >= 0.6 is 0 Å². The highest BCUT2D eigenvalue weighted by Crippen LogP contribution is 2.25. The van der Waals surface area contributed by atoms with Gasteiger partial charge >= 0.3 is 0 Å². The molecule has 1 rings (SSSR count). The van der Waals surface area contributed by atoms with Crippen LogP contribution in [0.15, 0.2) is 12.2 Å². The number of allylic oxidation sites excluding steroid dienone is 1. The van der Waals surface area contributed by atoms with Crippen LogP contribution in [0.4, 0.5) is 0 Å². The number of nitrogens with one attached hydrogen (secondary N) is 1. The van der Waals surface area contributed by atoms with Gasteiger partial charge in [0.25, 0.3) is 0 Å². The summed E-state index contributed by atoms with van der Waals surface area (Å²) in [6.45, 7) is 1.05. The lowest BCUT2D eigenvalue weighted by atomic mass is 9.99. The zero-order chi connectivity index (χ0) is 28.4. The molecule has 0 aromatic rings. The van der Waals surface area contributed by atoms with E-state index in [0.717, 1.165) is 19.3 Å². The van der Waals surface area contributed by atoms with E-state index in [4.69, 9.17) is 9.47 Å². The number of carbonyl (C=O) groups excluding carboxylic acids is 1. The Morgan fingerprint density at radius 3 is 2.11 bits per heavy atom. The summed E-state index contributed by atoms with van der Waals surface area (Å²) in [6.07, 6.45) is 8.16.